The SMILES string of the molecule is Cc1nn(C(=O)OC(C)(C)C)cc1-c1cc2nc(/C=C/c3ccccc3)[nH]c(=O)c2s1. The van der Waals surface area contributed by atoms with Crippen LogP contribution in [0.15, 0.2) is 47.4 Å². The van der Waals surface area contributed by atoms with Crippen LogP contribution in [0, 0.1) is 6.92 Å². The van der Waals surface area contributed by atoms with Crippen molar-refractivity contribution in [2.45, 2.75) is 33.3 Å². The Bertz CT molecular complexity index is 1340. The zero-order valence-electron chi connectivity index (χ0n) is 17.7. The summed E-state index contributed by atoms with van der Waals surface area (Å²) in [5.74, 6) is 0.479. The third-order valence-electron chi connectivity index (χ3n) is 4.38. The zero-order chi connectivity index (χ0) is 22.2. The second kappa shape index (κ2) is 7.96. The van der Waals surface area contributed by atoms with Gasteiger partial charge in [-0.2, -0.15) is 9.78 Å². The lowest BCUT2D eigenvalue weighted by molar-refractivity contribution is 0.0514. The van der Waals surface area contributed by atoms with Crippen LogP contribution >= 0.6 is 11.3 Å². The number of nitrogens with one attached hydrogen (secondary N) is 1. The van der Waals surface area contributed by atoms with Crippen LogP contribution in [0.4, 0.5) is 4.79 Å². The van der Waals surface area contributed by atoms with Crippen LogP contribution in [0.1, 0.15) is 37.9 Å². The van der Waals surface area contributed by atoms with Gasteiger partial charge in [-0.3, -0.25) is 4.79 Å². The standard InChI is InChI=1S/C23H22N4O3S/c1-14-16(13-27(26-14)22(29)30-23(2,3)4)18-12-17-20(31-18)21(28)25-19(24-17)11-10-15-8-6-5-7-9-15/h5-13H,1-4H3,(H,24,25,28)/b11-10+. The lowest BCUT2D eigenvalue weighted by Gasteiger charge is -2.18. The molecule has 0 bridgehead atoms. The molecule has 0 fully saturated rings. The summed E-state index contributed by atoms with van der Waals surface area (Å²) in [6, 6.07) is 11.6. The molecule has 0 unspecified atom stereocenters. The molecule has 0 spiro atoms. The van der Waals surface area contributed by atoms with Gasteiger partial charge in [0.25, 0.3) is 5.56 Å². The molecule has 0 aliphatic rings. The molecule has 3 aromatic heterocycles. The smallest absolute Gasteiger partial charge is 0.435 e. The van der Waals surface area contributed by atoms with Crippen LogP contribution in [-0.4, -0.2) is 31.4 Å². The van der Waals surface area contributed by atoms with Crippen LogP contribution in [0.2, 0.25) is 0 Å². The van der Waals surface area contributed by atoms with Crippen molar-refractivity contribution in [1.82, 2.24) is 19.7 Å². The van der Waals surface area contributed by atoms with E-state index in [1.807, 2.05) is 49.4 Å². The van der Waals surface area contributed by atoms with Crippen molar-refractivity contribution in [1.29, 1.82) is 0 Å². The topological polar surface area (TPSA) is 89.9 Å². The number of aromatic nitrogens is 4. The number of hydrogen-bond acceptors (Lipinski definition) is 6. The van der Waals surface area contributed by atoms with Gasteiger partial charge in [-0.1, -0.05) is 36.4 Å². The largest absolute Gasteiger partial charge is 0.442 e. The number of hydrogen-bond donors (Lipinski definition) is 1. The first-order valence-electron chi connectivity index (χ1n) is 9.76. The molecule has 1 N–H and O–H groups in total. The predicted octanol–water partition coefficient (Wildman–Crippen LogP) is 5.11. The van der Waals surface area contributed by atoms with E-state index in [9.17, 15) is 9.59 Å². The molecule has 7 nitrogen and oxygen atoms in total. The molecule has 1 aromatic carbocycles. The Balaban J connectivity index is 1.67. The molecule has 0 atom stereocenters. The van der Waals surface area contributed by atoms with Gasteiger partial charge in [0.1, 0.15) is 16.1 Å². The molecule has 0 saturated heterocycles. The molecule has 8 heteroatoms. The molecule has 158 valence electrons. The number of H-pyrrole nitrogens is 1. The van der Waals surface area contributed by atoms with E-state index in [0.717, 1.165) is 16.0 Å². The van der Waals surface area contributed by atoms with Gasteiger partial charge in [-0.15, -0.1) is 11.3 Å². The Morgan fingerprint density at radius 3 is 2.65 bits per heavy atom. The fourth-order valence-corrected chi connectivity index (χ4v) is 4.07. The molecule has 0 radical (unpaired) electrons. The second-order valence-corrected chi connectivity index (χ2v) is 9.13. The van der Waals surface area contributed by atoms with E-state index in [1.54, 1.807) is 33.0 Å². The maximum Gasteiger partial charge on any atom is 0.435 e. The van der Waals surface area contributed by atoms with Crippen molar-refractivity contribution in [3.63, 3.8) is 0 Å². The van der Waals surface area contributed by atoms with Crippen molar-refractivity contribution in [2.24, 2.45) is 0 Å². The number of aryl methyl sites for hydroxylation is 1. The maximum absolute atomic E-state index is 12.6. The quantitative estimate of drug-likeness (QED) is 0.484. The van der Waals surface area contributed by atoms with Gasteiger partial charge in [0.2, 0.25) is 0 Å². The number of rotatable bonds is 3. The number of benzene rings is 1. The number of ether oxygens (including phenoxy) is 1. The molecule has 3 heterocycles. The summed E-state index contributed by atoms with van der Waals surface area (Å²) in [5, 5.41) is 4.28. The van der Waals surface area contributed by atoms with Gasteiger partial charge in [-0.25, -0.2) is 9.78 Å². The fraction of sp³-hybridized carbons (Fsp3) is 0.217. The first kappa shape index (κ1) is 20.7. The van der Waals surface area contributed by atoms with Crippen LogP contribution in [0.3, 0.4) is 0 Å². The summed E-state index contributed by atoms with van der Waals surface area (Å²) in [7, 11) is 0. The first-order chi connectivity index (χ1) is 14.7. The zero-order valence-corrected chi connectivity index (χ0v) is 18.5. The van der Waals surface area contributed by atoms with E-state index in [2.05, 4.69) is 15.1 Å². The van der Waals surface area contributed by atoms with Crippen molar-refractivity contribution in [2.75, 3.05) is 0 Å². The molecular formula is C23H22N4O3S. The molecule has 4 aromatic rings. The Labute approximate surface area is 183 Å². The van der Waals surface area contributed by atoms with E-state index in [0.29, 0.717) is 21.7 Å². The van der Waals surface area contributed by atoms with Gasteiger partial charge in [-0.05, 0) is 45.4 Å². The summed E-state index contributed by atoms with van der Waals surface area (Å²) in [4.78, 5) is 33.1. The Morgan fingerprint density at radius 1 is 1.19 bits per heavy atom. The molecule has 31 heavy (non-hydrogen) atoms. The first-order valence-corrected chi connectivity index (χ1v) is 10.6. The molecule has 0 aliphatic carbocycles. The lowest BCUT2D eigenvalue weighted by Crippen LogP contribution is -2.27. The summed E-state index contributed by atoms with van der Waals surface area (Å²) in [6.45, 7) is 7.22. The van der Waals surface area contributed by atoms with Crippen molar-refractivity contribution in [3.8, 4) is 10.4 Å². The number of fused-ring (bicyclic) bond motifs is 1. The van der Waals surface area contributed by atoms with E-state index in [4.69, 9.17) is 4.74 Å². The predicted molar refractivity (Wildman–Crippen MR) is 123 cm³/mol. The highest BCUT2D eigenvalue weighted by Crippen LogP contribution is 2.32. The van der Waals surface area contributed by atoms with Crippen molar-refractivity contribution >= 4 is 39.8 Å². The highest BCUT2D eigenvalue weighted by Gasteiger charge is 2.21. The van der Waals surface area contributed by atoms with E-state index < -0.39 is 11.7 Å². The van der Waals surface area contributed by atoms with Gasteiger partial charge in [0, 0.05) is 16.6 Å². The van der Waals surface area contributed by atoms with E-state index in [-0.39, 0.29) is 5.56 Å². The number of carbonyl (C=O) groups is 1. The summed E-state index contributed by atoms with van der Waals surface area (Å²) < 4.78 is 7.09. The third kappa shape index (κ3) is 4.64. The number of nitrogens with zero attached hydrogens (tertiary/aromatic N) is 3. The average Bonchev–Trinajstić information content (AvgIpc) is 3.29. The van der Waals surface area contributed by atoms with Crippen LogP contribution < -0.4 is 5.56 Å². The maximum atomic E-state index is 12.6. The molecule has 0 aliphatic heterocycles. The van der Waals surface area contributed by atoms with Gasteiger partial charge >= 0.3 is 6.09 Å². The van der Waals surface area contributed by atoms with E-state index in [1.165, 1.54) is 16.0 Å². The second-order valence-electron chi connectivity index (χ2n) is 8.07. The molecule has 4 rings (SSSR count). The van der Waals surface area contributed by atoms with Crippen LogP contribution in [0.25, 0.3) is 32.8 Å². The summed E-state index contributed by atoms with van der Waals surface area (Å²) >= 11 is 1.32. The van der Waals surface area contributed by atoms with Crippen molar-refractivity contribution in [3.05, 3.63) is 70.0 Å². The number of aromatic amines is 1. The van der Waals surface area contributed by atoms with E-state index >= 15 is 0 Å². The Hall–Kier alpha value is -3.52. The Morgan fingerprint density at radius 2 is 1.94 bits per heavy atom. The average molecular weight is 435 g/mol. The fourth-order valence-electron chi connectivity index (χ4n) is 3.01. The van der Waals surface area contributed by atoms with Gasteiger partial charge in [0.05, 0.1) is 11.2 Å². The van der Waals surface area contributed by atoms with Gasteiger partial charge in [0.15, 0.2) is 0 Å². The highest BCUT2D eigenvalue weighted by atomic mass is 32.1. The Kier molecular flexibility index (Phi) is 5.32. The van der Waals surface area contributed by atoms with Crippen LogP contribution in [-0.2, 0) is 4.74 Å². The molecular weight excluding hydrogens is 412 g/mol. The third-order valence-corrected chi connectivity index (χ3v) is 5.54. The van der Waals surface area contributed by atoms with Crippen molar-refractivity contribution < 1.29 is 9.53 Å². The number of carbonyl (C=O) groups excluding carboxylic acids is 1. The monoisotopic (exact) mass is 434 g/mol. The van der Waals surface area contributed by atoms with Gasteiger partial charge < -0.3 is 9.72 Å². The minimum absolute atomic E-state index is 0.203. The lowest BCUT2D eigenvalue weighted by atomic mass is 10.2. The van der Waals surface area contributed by atoms with Crippen LogP contribution in [0.5, 0.6) is 0 Å². The minimum atomic E-state index is -0.615. The summed E-state index contributed by atoms with van der Waals surface area (Å²) in [6.07, 6.45) is 4.75. The normalized spacial score (nSPS) is 12.0. The molecule has 0 amide bonds. The highest BCUT2D eigenvalue weighted by molar-refractivity contribution is 7.22. The molecule has 0 saturated carbocycles. The minimum Gasteiger partial charge on any atom is -0.442 e. The number of thiophene rings is 1. The summed E-state index contributed by atoms with van der Waals surface area (Å²) in [5.41, 5.74) is 2.22.